The summed E-state index contributed by atoms with van der Waals surface area (Å²) < 4.78 is 4.88. The molecule has 0 aliphatic rings. The van der Waals surface area contributed by atoms with Gasteiger partial charge in [-0.15, -0.1) is 11.8 Å². The zero-order chi connectivity index (χ0) is 15.7. The first-order valence-electron chi connectivity index (χ1n) is 7.17. The number of aryl methyl sites for hydroxylation is 2. The standard InChI is InChI=1S/C16H24N2O2S/c1-5-20-16(19)7-6-8-21-11-18-15-10-13(3)12(2)9-14(15)17-4/h9-11,17H,5-8H2,1-4H3. The second-order valence-corrected chi connectivity index (χ2v) is 5.67. The van der Waals surface area contributed by atoms with Gasteiger partial charge in [0.15, 0.2) is 0 Å². The number of hydrogen-bond acceptors (Lipinski definition) is 5. The third-order valence-corrected chi connectivity index (χ3v) is 3.87. The zero-order valence-corrected chi connectivity index (χ0v) is 14.0. The zero-order valence-electron chi connectivity index (χ0n) is 13.2. The summed E-state index contributed by atoms with van der Waals surface area (Å²) in [4.78, 5) is 15.7. The number of esters is 1. The van der Waals surface area contributed by atoms with E-state index in [1.54, 1.807) is 11.8 Å². The fourth-order valence-electron chi connectivity index (χ4n) is 1.79. The second-order valence-electron chi connectivity index (χ2n) is 4.72. The molecule has 1 N–H and O–H groups in total. The summed E-state index contributed by atoms with van der Waals surface area (Å²) in [7, 11) is 1.90. The molecule has 0 aliphatic carbocycles. The first kappa shape index (κ1) is 17.6. The predicted molar refractivity (Wildman–Crippen MR) is 91.9 cm³/mol. The van der Waals surface area contributed by atoms with Crippen molar-refractivity contribution in [2.24, 2.45) is 4.99 Å². The van der Waals surface area contributed by atoms with E-state index in [-0.39, 0.29) is 5.97 Å². The molecule has 0 unspecified atom stereocenters. The minimum Gasteiger partial charge on any atom is -0.466 e. The van der Waals surface area contributed by atoms with Crippen LogP contribution < -0.4 is 5.32 Å². The van der Waals surface area contributed by atoms with Crippen LogP contribution in [0.2, 0.25) is 0 Å². The van der Waals surface area contributed by atoms with Crippen molar-refractivity contribution in [3.8, 4) is 0 Å². The second kappa shape index (κ2) is 9.45. The van der Waals surface area contributed by atoms with E-state index in [1.165, 1.54) is 11.1 Å². The van der Waals surface area contributed by atoms with Gasteiger partial charge in [-0.05, 0) is 56.2 Å². The number of aliphatic imine (C=N–C) groups is 1. The molecule has 0 fully saturated rings. The van der Waals surface area contributed by atoms with Crippen LogP contribution in [0.5, 0.6) is 0 Å². The molecule has 116 valence electrons. The molecule has 0 spiro atoms. The maximum absolute atomic E-state index is 11.2. The largest absolute Gasteiger partial charge is 0.466 e. The number of ether oxygens (including phenoxy) is 1. The number of anilines is 1. The van der Waals surface area contributed by atoms with Crippen molar-refractivity contribution in [2.45, 2.75) is 33.6 Å². The highest BCUT2D eigenvalue weighted by molar-refractivity contribution is 8.12. The molecular formula is C16H24N2O2S. The van der Waals surface area contributed by atoms with E-state index in [9.17, 15) is 4.79 Å². The third kappa shape index (κ3) is 6.21. The maximum Gasteiger partial charge on any atom is 0.305 e. The van der Waals surface area contributed by atoms with Crippen LogP contribution in [0.15, 0.2) is 17.1 Å². The molecule has 0 radical (unpaired) electrons. The molecule has 0 aliphatic heterocycles. The highest BCUT2D eigenvalue weighted by Gasteiger charge is 2.03. The summed E-state index contributed by atoms with van der Waals surface area (Å²) >= 11 is 1.61. The van der Waals surface area contributed by atoms with Gasteiger partial charge >= 0.3 is 5.97 Å². The molecule has 0 saturated carbocycles. The highest BCUT2D eigenvalue weighted by Crippen LogP contribution is 2.28. The van der Waals surface area contributed by atoms with E-state index in [0.29, 0.717) is 13.0 Å². The molecule has 5 heteroatoms. The third-order valence-electron chi connectivity index (χ3n) is 3.10. The van der Waals surface area contributed by atoms with Crippen molar-refractivity contribution in [3.63, 3.8) is 0 Å². The lowest BCUT2D eigenvalue weighted by Gasteiger charge is -2.08. The first-order chi connectivity index (χ1) is 10.1. The molecular weight excluding hydrogens is 284 g/mol. The lowest BCUT2D eigenvalue weighted by atomic mass is 10.1. The number of carbonyl (C=O) groups is 1. The number of nitrogens with one attached hydrogen (secondary N) is 1. The van der Waals surface area contributed by atoms with Crippen molar-refractivity contribution in [1.82, 2.24) is 0 Å². The summed E-state index contributed by atoms with van der Waals surface area (Å²) in [5.74, 6) is 0.740. The summed E-state index contributed by atoms with van der Waals surface area (Å²) in [6.07, 6.45) is 1.28. The average Bonchev–Trinajstić information content (AvgIpc) is 2.46. The van der Waals surface area contributed by atoms with Gasteiger partial charge in [0, 0.05) is 13.5 Å². The van der Waals surface area contributed by atoms with Gasteiger partial charge in [0.05, 0.1) is 23.5 Å². The first-order valence-corrected chi connectivity index (χ1v) is 8.22. The minimum absolute atomic E-state index is 0.123. The van der Waals surface area contributed by atoms with Gasteiger partial charge in [-0.1, -0.05) is 0 Å². The Balaban J connectivity index is 2.43. The van der Waals surface area contributed by atoms with Crippen LogP contribution in [-0.2, 0) is 9.53 Å². The Kier molecular flexibility index (Phi) is 7.90. The fraction of sp³-hybridized carbons (Fsp3) is 0.500. The molecule has 1 aromatic carbocycles. The molecule has 1 aromatic rings. The highest BCUT2D eigenvalue weighted by atomic mass is 32.2. The molecule has 0 aromatic heterocycles. The van der Waals surface area contributed by atoms with Crippen molar-refractivity contribution < 1.29 is 9.53 Å². The number of carbonyl (C=O) groups excluding carboxylic acids is 1. The van der Waals surface area contributed by atoms with Crippen molar-refractivity contribution in [2.75, 3.05) is 24.7 Å². The average molecular weight is 308 g/mol. The van der Waals surface area contributed by atoms with E-state index >= 15 is 0 Å². The maximum atomic E-state index is 11.2. The van der Waals surface area contributed by atoms with Gasteiger partial charge in [0.2, 0.25) is 0 Å². The Labute approximate surface area is 131 Å². The molecule has 4 nitrogen and oxygen atoms in total. The van der Waals surface area contributed by atoms with Gasteiger partial charge in [0.25, 0.3) is 0 Å². The smallest absolute Gasteiger partial charge is 0.305 e. The number of thioether (sulfide) groups is 1. The van der Waals surface area contributed by atoms with Crippen LogP contribution in [0.4, 0.5) is 11.4 Å². The summed E-state index contributed by atoms with van der Waals surface area (Å²) in [5.41, 5.74) is 6.30. The Morgan fingerprint density at radius 3 is 2.76 bits per heavy atom. The lowest BCUT2D eigenvalue weighted by Crippen LogP contribution is -2.03. The summed E-state index contributed by atoms with van der Waals surface area (Å²) in [6.45, 7) is 6.45. The molecule has 0 bridgehead atoms. The molecule has 0 atom stereocenters. The van der Waals surface area contributed by atoms with Crippen LogP contribution in [0.1, 0.15) is 30.9 Å². The number of nitrogens with zero attached hydrogens (tertiary/aromatic N) is 1. The Hall–Kier alpha value is -1.49. The Bertz CT molecular complexity index is 501. The normalized spacial score (nSPS) is 10.9. The van der Waals surface area contributed by atoms with E-state index in [1.807, 2.05) is 19.5 Å². The van der Waals surface area contributed by atoms with Gasteiger partial charge in [-0.3, -0.25) is 4.79 Å². The molecule has 0 heterocycles. The topological polar surface area (TPSA) is 50.7 Å². The van der Waals surface area contributed by atoms with Gasteiger partial charge < -0.3 is 10.1 Å². The Morgan fingerprint density at radius 1 is 1.38 bits per heavy atom. The van der Waals surface area contributed by atoms with Crippen molar-refractivity contribution in [3.05, 3.63) is 23.3 Å². The van der Waals surface area contributed by atoms with Crippen molar-refractivity contribution >= 4 is 34.7 Å². The van der Waals surface area contributed by atoms with Gasteiger partial charge in [-0.25, -0.2) is 4.99 Å². The number of rotatable bonds is 8. The van der Waals surface area contributed by atoms with Crippen LogP contribution in [0.25, 0.3) is 0 Å². The van der Waals surface area contributed by atoms with Crippen LogP contribution in [0.3, 0.4) is 0 Å². The fourth-order valence-corrected chi connectivity index (χ4v) is 2.39. The summed E-state index contributed by atoms with van der Waals surface area (Å²) in [6, 6.07) is 4.18. The summed E-state index contributed by atoms with van der Waals surface area (Å²) in [5, 5.41) is 3.16. The van der Waals surface area contributed by atoms with Crippen LogP contribution in [-0.4, -0.2) is 30.9 Å². The molecule has 1 rings (SSSR count). The lowest BCUT2D eigenvalue weighted by molar-refractivity contribution is -0.143. The monoisotopic (exact) mass is 308 g/mol. The van der Waals surface area contributed by atoms with Gasteiger partial charge in [0.1, 0.15) is 0 Å². The molecule has 21 heavy (non-hydrogen) atoms. The molecule has 0 saturated heterocycles. The number of benzene rings is 1. The SMILES string of the molecule is CCOC(=O)CCCSC=Nc1cc(C)c(C)cc1NC. The van der Waals surface area contributed by atoms with E-state index in [0.717, 1.165) is 23.5 Å². The van der Waals surface area contributed by atoms with E-state index in [2.05, 4.69) is 36.3 Å². The minimum atomic E-state index is -0.123. The van der Waals surface area contributed by atoms with Gasteiger partial charge in [-0.2, -0.15) is 0 Å². The Morgan fingerprint density at radius 2 is 2.10 bits per heavy atom. The quantitative estimate of drug-likeness (QED) is 0.340. The molecule has 0 amide bonds. The van der Waals surface area contributed by atoms with E-state index < -0.39 is 0 Å². The number of hydrogen-bond donors (Lipinski definition) is 1. The van der Waals surface area contributed by atoms with Crippen molar-refractivity contribution in [1.29, 1.82) is 0 Å². The predicted octanol–water partition coefficient (Wildman–Crippen LogP) is 4.08. The van der Waals surface area contributed by atoms with Crippen LogP contribution in [0, 0.1) is 13.8 Å². The van der Waals surface area contributed by atoms with E-state index in [4.69, 9.17) is 4.74 Å². The van der Waals surface area contributed by atoms with Crippen LogP contribution >= 0.6 is 11.8 Å².